The zero-order valence-corrected chi connectivity index (χ0v) is 15.5. The Morgan fingerprint density at radius 1 is 1.00 bits per heavy atom. The largest absolute Gasteiger partial charge is 0.493 e. The van der Waals surface area contributed by atoms with Crippen molar-refractivity contribution < 1.29 is 28.2 Å². The molecule has 2 aromatic rings. The maximum Gasteiger partial charge on any atom is 0.254 e. The minimum Gasteiger partial charge on any atom is -0.493 e. The van der Waals surface area contributed by atoms with Crippen molar-refractivity contribution in [2.75, 3.05) is 40.2 Å². The third-order valence-corrected chi connectivity index (χ3v) is 3.77. The average Bonchev–Trinajstić information content (AvgIpc) is 2.67. The molecule has 144 valence electrons. The van der Waals surface area contributed by atoms with Crippen LogP contribution in [0.3, 0.4) is 0 Å². The molecule has 2 amide bonds. The van der Waals surface area contributed by atoms with Gasteiger partial charge in [0.05, 0.1) is 27.9 Å². The molecule has 0 heterocycles. The van der Waals surface area contributed by atoms with E-state index in [1.54, 1.807) is 0 Å². The number of likely N-dealkylation sites (N-methyl/N-ethyl adjacent to an activating group) is 1. The molecule has 0 aliphatic heterocycles. The maximum absolute atomic E-state index is 12.9. The molecule has 7 nitrogen and oxygen atoms in total. The molecule has 0 unspecified atom stereocenters. The topological polar surface area (TPSA) is 77.1 Å². The number of anilines is 1. The van der Waals surface area contributed by atoms with Gasteiger partial charge in [0.2, 0.25) is 11.7 Å². The first-order chi connectivity index (χ1) is 12.9. The normalized spacial score (nSPS) is 10.1. The van der Waals surface area contributed by atoms with Gasteiger partial charge in [0.15, 0.2) is 11.5 Å². The number of ether oxygens (including phenoxy) is 3. The fourth-order valence-electron chi connectivity index (χ4n) is 2.45. The second kappa shape index (κ2) is 8.88. The first kappa shape index (κ1) is 20.0. The minimum absolute atomic E-state index is 0.188. The molecule has 0 radical (unpaired) electrons. The number of nitrogens with one attached hydrogen (secondary N) is 1. The first-order valence-electron chi connectivity index (χ1n) is 8.00. The summed E-state index contributed by atoms with van der Waals surface area (Å²) in [6.07, 6.45) is 0. The van der Waals surface area contributed by atoms with Gasteiger partial charge in [-0.2, -0.15) is 0 Å². The summed E-state index contributed by atoms with van der Waals surface area (Å²) >= 11 is 0. The third kappa shape index (κ3) is 4.87. The zero-order chi connectivity index (χ0) is 20.0. The second-order valence-corrected chi connectivity index (χ2v) is 5.63. The molecule has 0 bridgehead atoms. The molecular formula is C19H21FN2O5. The highest BCUT2D eigenvalue weighted by Gasteiger charge is 2.20. The smallest absolute Gasteiger partial charge is 0.254 e. The highest BCUT2D eigenvalue weighted by Crippen LogP contribution is 2.38. The Balaban J connectivity index is 2.12. The van der Waals surface area contributed by atoms with Gasteiger partial charge in [-0.3, -0.25) is 9.59 Å². The van der Waals surface area contributed by atoms with Gasteiger partial charge < -0.3 is 24.4 Å². The standard InChI is InChI=1S/C19H21FN2O5/c1-22(11-17(23)21-14-7-5-13(20)6-8-14)19(24)12-9-15(25-2)18(27-4)16(10-12)26-3/h5-10H,11H2,1-4H3,(H,21,23). The van der Waals surface area contributed by atoms with Crippen molar-refractivity contribution in [1.29, 1.82) is 0 Å². The molecule has 27 heavy (non-hydrogen) atoms. The number of carbonyl (C=O) groups is 2. The molecule has 0 fully saturated rings. The Kier molecular flexibility index (Phi) is 6.59. The van der Waals surface area contributed by atoms with E-state index in [0.29, 0.717) is 22.9 Å². The van der Waals surface area contributed by atoms with E-state index in [1.165, 1.54) is 69.7 Å². The zero-order valence-electron chi connectivity index (χ0n) is 15.5. The lowest BCUT2D eigenvalue weighted by atomic mass is 10.1. The van der Waals surface area contributed by atoms with E-state index in [4.69, 9.17) is 14.2 Å². The predicted octanol–water partition coefficient (Wildman–Crippen LogP) is 2.56. The number of nitrogens with zero attached hydrogens (tertiary/aromatic N) is 1. The molecule has 0 saturated heterocycles. The van der Waals surface area contributed by atoms with E-state index in [0.717, 1.165) is 0 Å². The van der Waals surface area contributed by atoms with Crippen LogP contribution in [0.5, 0.6) is 17.2 Å². The van der Waals surface area contributed by atoms with Crippen molar-refractivity contribution >= 4 is 17.5 Å². The summed E-state index contributed by atoms with van der Waals surface area (Å²) in [5.74, 6) is -0.168. The van der Waals surface area contributed by atoms with Crippen molar-refractivity contribution in [3.8, 4) is 17.2 Å². The van der Waals surface area contributed by atoms with E-state index in [1.807, 2.05) is 0 Å². The number of benzene rings is 2. The highest BCUT2D eigenvalue weighted by molar-refractivity contribution is 6.00. The van der Waals surface area contributed by atoms with E-state index < -0.39 is 17.6 Å². The summed E-state index contributed by atoms with van der Waals surface area (Å²) < 4.78 is 28.6. The van der Waals surface area contributed by atoms with Crippen LogP contribution in [0.1, 0.15) is 10.4 Å². The number of hydrogen-bond donors (Lipinski definition) is 1. The van der Waals surface area contributed by atoms with Gasteiger partial charge in [-0.15, -0.1) is 0 Å². The van der Waals surface area contributed by atoms with Gasteiger partial charge in [0, 0.05) is 18.3 Å². The quantitative estimate of drug-likeness (QED) is 0.804. The lowest BCUT2D eigenvalue weighted by Gasteiger charge is -2.19. The minimum atomic E-state index is -0.412. The fraction of sp³-hybridized carbons (Fsp3) is 0.263. The monoisotopic (exact) mass is 376 g/mol. The van der Waals surface area contributed by atoms with Crippen LogP contribution in [0.25, 0.3) is 0 Å². The number of carbonyl (C=O) groups excluding carboxylic acids is 2. The van der Waals surface area contributed by atoms with Crippen LogP contribution in [0.4, 0.5) is 10.1 Å². The summed E-state index contributed by atoms with van der Waals surface area (Å²) in [5, 5.41) is 2.60. The molecule has 0 saturated carbocycles. The summed E-state index contributed by atoms with van der Waals surface area (Å²) in [5.41, 5.74) is 0.719. The number of halogens is 1. The van der Waals surface area contributed by atoms with Crippen molar-refractivity contribution in [1.82, 2.24) is 4.90 Å². The van der Waals surface area contributed by atoms with Crippen LogP contribution >= 0.6 is 0 Å². The van der Waals surface area contributed by atoms with Crippen LogP contribution in [0.15, 0.2) is 36.4 Å². The third-order valence-electron chi connectivity index (χ3n) is 3.77. The predicted molar refractivity (Wildman–Crippen MR) is 98.1 cm³/mol. The van der Waals surface area contributed by atoms with E-state index >= 15 is 0 Å². The van der Waals surface area contributed by atoms with Crippen LogP contribution < -0.4 is 19.5 Å². The van der Waals surface area contributed by atoms with Crippen molar-refractivity contribution in [2.45, 2.75) is 0 Å². The number of methoxy groups -OCH3 is 3. The Morgan fingerprint density at radius 2 is 1.56 bits per heavy atom. The molecule has 0 spiro atoms. The maximum atomic E-state index is 12.9. The SMILES string of the molecule is COc1cc(C(=O)N(C)CC(=O)Nc2ccc(F)cc2)cc(OC)c1OC. The van der Waals surface area contributed by atoms with Gasteiger partial charge in [0.1, 0.15) is 5.82 Å². The Labute approximate surface area is 156 Å². The van der Waals surface area contributed by atoms with Crippen LogP contribution in [0.2, 0.25) is 0 Å². The Morgan fingerprint density at radius 3 is 2.04 bits per heavy atom. The van der Waals surface area contributed by atoms with Gasteiger partial charge >= 0.3 is 0 Å². The van der Waals surface area contributed by atoms with Gasteiger partial charge in [-0.05, 0) is 36.4 Å². The van der Waals surface area contributed by atoms with E-state index in [9.17, 15) is 14.0 Å². The Hall–Kier alpha value is -3.29. The van der Waals surface area contributed by atoms with Gasteiger partial charge in [0.25, 0.3) is 5.91 Å². The molecule has 0 atom stereocenters. The molecule has 2 aromatic carbocycles. The molecule has 1 N–H and O–H groups in total. The number of amides is 2. The fourth-order valence-corrected chi connectivity index (χ4v) is 2.45. The second-order valence-electron chi connectivity index (χ2n) is 5.63. The van der Waals surface area contributed by atoms with E-state index in [-0.39, 0.29) is 12.1 Å². The summed E-state index contributed by atoms with van der Waals surface area (Å²) in [7, 11) is 5.86. The number of rotatable bonds is 7. The molecular weight excluding hydrogens is 355 g/mol. The average molecular weight is 376 g/mol. The highest BCUT2D eigenvalue weighted by atomic mass is 19.1. The Bertz CT molecular complexity index is 798. The molecule has 0 aromatic heterocycles. The summed E-state index contributed by atoms with van der Waals surface area (Å²) in [4.78, 5) is 26.0. The number of hydrogen-bond acceptors (Lipinski definition) is 5. The van der Waals surface area contributed by atoms with Crippen LogP contribution in [-0.2, 0) is 4.79 Å². The van der Waals surface area contributed by atoms with E-state index in [2.05, 4.69) is 5.32 Å². The van der Waals surface area contributed by atoms with Crippen molar-refractivity contribution in [2.24, 2.45) is 0 Å². The van der Waals surface area contributed by atoms with Gasteiger partial charge in [-0.25, -0.2) is 4.39 Å². The summed E-state index contributed by atoms with van der Waals surface area (Å²) in [6, 6.07) is 8.37. The molecule has 8 heteroatoms. The molecule has 2 rings (SSSR count). The lowest BCUT2D eigenvalue weighted by molar-refractivity contribution is -0.116. The molecule has 0 aliphatic carbocycles. The molecule has 0 aliphatic rings. The van der Waals surface area contributed by atoms with Crippen LogP contribution in [0, 0.1) is 5.82 Å². The van der Waals surface area contributed by atoms with Crippen molar-refractivity contribution in [3.05, 3.63) is 47.8 Å². The van der Waals surface area contributed by atoms with Crippen LogP contribution in [-0.4, -0.2) is 51.6 Å². The summed E-state index contributed by atoms with van der Waals surface area (Å²) in [6.45, 7) is -0.188. The first-order valence-corrected chi connectivity index (χ1v) is 8.00. The van der Waals surface area contributed by atoms with Crippen molar-refractivity contribution in [3.63, 3.8) is 0 Å². The van der Waals surface area contributed by atoms with Gasteiger partial charge in [-0.1, -0.05) is 0 Å². The lowest BCUT2D eigenvalue weighted by Crippen LogP contribution is -2.35.